The van der Waals surface area contributed by atoms with Gasteiger partial charge in [0.1, 0.15) is 5.82 Å². The highest BCUT2D eigenvalue weighted by atomic mass is 19.1. The molecule has 0 aliphatic rings. The molecule has 0 bridgehead atoms. The van der Waals surface area contributed by atoms with Crippen LogP contribution < -0.4 is 5.32 Å². The predicted octanol–water partition coefficient (Wildman–Crippen LogP) is 3.52. The molecule has 2 aromatic rings. The first-order chi connectivity index (χ1) is 8.20. The topological polar surface area (TPSA) is 12.0 Å². The molecule has 0 spiro atoms. The standard InChI is InChI=1S/C15H16FN/c1-11-9-12(10-17-2)3-8-15(11)13-4-6-14(16)7-5-13/h3-9,17H,10H2,1-2H3. The van der Waals surface area contributed by atoms with Crippen LogP contribution in [0.2, 0.25) is 0 Å². The zero-order valence-electron chi connectivity index (χ0n) is 10.1. The largest absolute Gasteiger partial charge is 0.316 e. The maximum Gasteiger partial charge on any atom is 0.123 e. The molecule has 0 aliphatic carbocycles. The van der Waals surface area contributed by atoms with Gasteiger partial charge < -0.3 is 5.32 Å². The summed E-state index contributed by atoms with van der Waals surface area (Å²) in [7, 11) is 1.93. The van der Waals surface area contributed by atoms with E-state index in [1.54, 1.807) is 0 Å². The second-order valence-electron chi connectivity index (χ2n) is 4.19. The average Bonchev–Trinajstić information content (AvgIpc) is 2.31. The Morgan fingerprint density at radius 3 is 2.35 bits per heavy atom. The van der Waals surface area contributed by atoms with Crippen molar-refractivity contribution in [2.24, 2.45) is 0 Å². The summed E-state index contributed by atoms with van der Waals surface area (Å²) in [6, 6.07) is 13.0. The molecule has 17 heavy (non-hydrogen) atoms. The number of hydrogen-bond donors (Lipinski definition) is 1. The van der Waals surface area contributed by atoms with Crippen LogP contribution in [0.4, 0.5) is 4.39 Å². The van der Waals surface area contributed by atoms with Crippen LogP contribution in [0.3, 0.4) is 0 Å². The lowest BCUT2D eigenvalue weighted by Gasteiger charge is -2.08. The van der Waals surface area contributed by atoms with Crippen LogP contribution in [0, 0.1) is 12.7 Å². The van der Waals surface area contributed by atoms with Crippen molar-refractivity contribution >= 4 is 0 Å². The summed E-state index contributed by atoms with van der Waals surface area (Å²) in [5, 5.41) is 3.13. The van der Waals surface area contributed by atoms with E-state index in [4.69, 9.17) is 0 Å². The maximum absolute atomic E-state index is 12.9. The monoisotopic (exact) mass is 229 g/mol. The van der Waals surface area contributed by atoms with Crippen molar-refractivity contribution in [3.8, 4) is 11.1 Å². The minimum atomic E-state index is -0.196. The molecule has 0 atom stereocenters. The first-order valence-corrected chi connectivity index (χ1v) is 5.71. The van der Waals surface area contributed by atoms with Crippen molar-refractivity contribution in [3.63, 3.8) is 0 Å². The van der Waals surface area contributed by atoms with Gasteiger partial charge in [-0.05, 0) is 48.4 Å². The first kappa shape index (κ1) is 11.8. The summed E-state index contributed by atoms with van der Waals surface area (Å²) < 4.78 is 12.9. The summed E-state index contributed by atoms with van der Waals surface area (Å²) in [6.45, 7) is 2.95. The molecule has 0 radical (unpaired) electrons. The van der Waals surface area contributed by atoms with Gasteiger partial charge >= 0.3 is 0 Å². The Hall–Kier alpha value is -1.67. The molecule has 0 fully saturated rings. The van der Waals surface area contributed by atoms with E-state index >= 15 is 0 Å². The molecule has 88 valence electrons. The predicted molar refractivity (Wildman–Crippen MR) is 69.3 cm³/mol. The van der Waals surface area contributed by atoms with Gasteiger partial charge in [-0.2, -0.15) is 0 Å². The molecule has 1 N–H and O–H groups in total. The van der Waals surface area contributed by atoms with E-state index in [0.717, 1.165) is 17.7 Å². The molecule has 0 aromatic heterocycles. The van der Waals surface area contributed by atoms with Gasteiger partial charge in [0.05, 0.1) is 0 Å². The lowest BCUT2D eigenvalue weighted by Crippen LogP contribution is -2.05. The SMILES string of the molecule is CNCc1ccc(-c2ccc(F)cc2)c(C)c1. The van der Waals surface area contributed by atoms with E-state index in [0.29, 0.717) is 0 Å². The van der Waals surface area contributed by atoms with Crippen LogP contribution >= 0.6 is 0 Å². The minimum absolute atomic E-state index is 0.196. The molecule has 0 heterocycles. The highest BCUT2D eigenvalue weighted by Crippen LogP contribution is 2.24. The second-order valence-corrected chi connectivity index (χ2v) is 4.19. The third kappa shape index (κ3) is 2.71. The molecule has 0 saturated heterocycles. The van der Waals surface area contributed by atoms with Crippen molar-refractivity contribution in [1.82, 2.24) is 5.32 Å². The van der Waals surface area contributed by atoms with Crippen molar-refractivity contribution in [1.29, 1.82) is 0 Å². The van der Waals surface area contributed by atoms with E-state index in [2.05, 4.69) is 30.4 Å². The van der Waals surface area contributed by atoms with Crippen molar-refractivity contribution < 1.29 is 4.39 Å². The van der Waals surface area contributed by atoms with Gasteiger partial charge in [-0.1, -0.05) is 30.3 Å². The van der Waals surface area contributed by atoms with E-state index in [1.165, 1.54) is 23.3 Å². The zero-order chi connectivity index (χ0) is 12.3. The molecule has 2 heteroatoms. The number of hydrogen-bond acceptors (Lipinski definition) is 1. The van der Waals surface area contributed by atoms with Crippen molar-refractivity contribution in [3.05, 3.63) is 59.4 Å². The minimum Gasteiger partial charge on any atom is -0.316 e. The van der Waals surface area contributed by atoms with Crippen LogP contribution in [0.15, 0.2) is 42.5 Å². The van der Waals surface area contributed by atoms with Crippen LogP contribution in [0.1, 0.15) is 11.1 Å². The van der Waals surface area contributed by atoms with E-state index < -0.39 is 0 Å². The number of benzene rings is 2. The summed E-state index contributed by atoms with van der Waals surface area (Å²) in [6.07, 6.45) is 0. The Morgan fingerprint density at radius 1 is 1.06 bits per heavy atom. The fourth-order valence-electron chi connectivity index (χ4n) is 1.99. The molecular formula is C15H16FN. The van der Waals surface area contributed by atoms with Gasteiger partial charge in [-0.25, -0.2) is 4.39 Å². The van der Waals surface area contributed by atoms with Crippen molar-refractivity contribution in [2.75, 3.05) is 7.05 Å². The van der Waals surface area contributed by atoms with Crippen LogP contribution in [-0.4, -0.2) is 7.05 Å². The summed E-state index contributed by atoms with van der Waals surface area (Å²) in [5.41, 5.74) is 4.69. The first-order valence-electron chi connectivity index (χ1n) is 5.71. The Bertz CT molecular complexity index is 503. The Morgan fingerprint density at radius 2 is 1.76 bits per heavy atom. The number of rotatable bonds is 3. The highest BCUT2D eigenvalue weighted by molar-refractivity contribution is 5.67. The quantitative estimate of drug-likeness (QED) is 0.849. The molecule has 2 aromatic carbocycles. The van der Waals surface area contributed by atoms with Gasteiger partial charge in [0.2, 0.25) is 0 Å². The normalized spacial score (nSPS) is 10.5. The smallest absolute Gasteiger partial charge is 0.123 e. The van der Waals surface area contributed by atoms with Gasteiger partial charge in [-0.3, -0.25) is 0 Å². The summed E-state index contributed by atoms with van der Waals surface area (Å²) in [5.74, 6) is -0.196. The molecular weight excluding hydrogens is 213 g/mol. The summed E-state index contributed by atoms with van der Waals surface area (Å²) >= 11 is 0. The highest BCUT2D eigenvalue weighted by Gasteiger charge is 2.03. The van der Waals surface area contributed by atoms with Crippen molar-refractivity contribution in [2.45, 2.75) is 13.5 Å². The van der Waals surface area contributed by atoms with E-state index in [-0.39, 0.29) is 5.82 Å². The average molecular weight is 229 g/mol. The van der Waals surface area contributed by atoms with Gasteiger partial charge in [0.25, 0.3) is 0 Å². The van der Waals surface area contributed by atoms with Gasteiger partial charge in [0, 0.05) is 6.54 Å². The fraction of sp³-hybridized carbons (Fsp3) is 0.200. The molecule has 0 amide bonds. The third-order valence-electron chi connectivity index (χ3n) is 2.83. The fourth-order valence-corrected chi connectivity index (χ4v) is 1.99. The Labute approximate surface area is 101 Å². The maximum atomic E-state index is 12.9. The lowest BCUT2D eigenvalue weighted by molar-refractivity contribution is 0.628. The lowest BCUT2D eigenvalue weighted by atomic mass is 9.98. The van der Waals surface area contributed by atoms with Gasteiger partial charge in [0.15, 0.2) is 0 Å². The molecule has 0 unspecified atom stereocenters. The Kier molecular flexibility index (Phi) is 3.55. The molecule has 0 aliphatic heterocycles. The Balaban J connectivity index is 2.36. The molecule has 2 rings (SSSR count). The second kappa shape index (κ2) is 5.11. The summed E-state index contributed by atoms with van der Waals surface area (Å²) in [4.78, 5) is 0. The number of nitrogens with one attached hydrogen (secondary N) is 1. The van der Waals surface area contributed by atoms with Crippen LogP contribution in [0.25, 0.3) is 11.1 Å². The van der Waals surface area contributed by atoms with Crippen LogP contribution in [0.5, 0.6) is 0 Å². The van der Waals surface area contributed by atoms with Crippen LogP contribution in [-0.2, 0) is 6.54 Å². The molecule has 0 saturated carbocycles. The zero-order valence-corrected chi connectivity index (χ0v) is 10.1. The number of aryl methyl sites for hydroxylation is 1. The van der Waals surface area contributed by atoms with E-state index in [9.17, 15) is 4.39 Å². The molecule has 1 nitrogen and oxygen atoms in total. The number of halogens is 1. The van der Waals surface area contributed by atoms with Gasteiger partial charge in [-0.15, -0.1) is 0 Å². The van der Waals surface area contributed by atoms with E-state index in [1.807, 2.05) is 19.2 Å². The third-order valence-corrected chi connectivity index (χ3v) is 2.83.